The third-order valence-corrected chi connectivity index (χ3v) is 5.00. The van der Waals surface area contributed by atoms with Crippen LogP contribution in [0.15, 0.2) is 29.2 Å². The van der Waals surface area contributed by atoms with Crippen LogP contribution >= 0.6 is 0 Å². The molecule has 31 heavy (non-hydrogen) atoms. The van der Waals surface area contributed by atoms with Crippen molar-refractivity contribution in [1.82, 2.24) is 0 Å². The van der Waals surface area contributed by atoms with Crippen molar-refractivity contribution in [3.05, 3.63) is 29.8 Å². The molecule has 189 valence electrons. The molecular formula is C22H46CuN4O3S. The Labute approximate surface area is 201 Å². The van der Waals surface area contributed by atoms with Crippen molar-refractivity contribution >= 4 is 10.1 Å². The van der Waals surface area contributed by atoms with Gasteiger partial charge in [-0.3, -0.25) is 4.55 Å². The molecule has 0 aliphatic carbocycles. The zero-order chi connectivity index (χ0) is 23.4. The van der Waals surface area contributed by atoms with Crippen molar-refractivity contribution in [3.8, 4) is 0 Å². The summed E-state index contributed by atoms with van der Waals surface area (Å²) in [6.07, 6.45) is 13.0. The van der Waals surface area contributed by atoms with E-state index in [0.717, 1.165) is 18.4 Å². The van der Waals surface area contributed by atoms with E-state index in [2.05, 4.69) is 6.92 Å². The maximum atomic E-state index is 11.3. The third kappa shape index (κ3) is 27.5. The predicted molar refractivity (Wildman–Crippen MR) is 127 cm³/mol. The maximum Gasteiger partial charge on any atom is 0.294 e. The van der Waals surface area contributed by atoms with E-state index in [1.54, 1.807) is 26.0 Å². The van der Waals surface area contributed by atoms with Gasteiger partial charge in [0.05, 0.1) is 4.90 Å². The van der Waals surface area contributed by atoms with E-state index in [-0.39, 0.29) is 34.3 Å². The minimum Gasteiger partial charge on any atom is -0.316 e. The van der Waals surface area contributed by atoms with E-state index in [1.165, 1.54) is 57.4 Å². The van der Waals surface area contributed by atoms with Crippen molar-refractivity contribution in [2.75, 3.05) is 0 Å². The van der Waals surface area contributed by atoms with Gasteiger partial charge in [0.25, 0.3) is 10.1 Å². The van der Waals surface area contributed by atoms with E-state index in [1.807, 2.05) is 6.07 Å². The van der Waals surface area contributed by atoms with Crippen LogP contribution in [0.5, 0.6) is 0 Å². The summed E-state index contributed by atoms with van der Waals surface area (Å²) in [6, 6.07) is 6.73. The molecule has 0 spiro atoms. The number of rotatable bonds is 12. The molecule has 1 rings (SSSR count). The molecule has 1 aromatic rings. The summed E-state index contributed by atoms with van der Waals surface area (Å²) >= 11 is 0. The molecule has 0 heterocycles. The first kappa shape index (κ1) is 35.1. The van der Waals surface area contributed by atoms with Crippen LogP contribution in [0.25, 0.3) is 0 Å². The molecule has 0 fully saturated rings. The fourth-order valence-corrected chi connectivity index (χ4v) is 3.52. The number of hydrogen-bond acceptors (Lipinski definition) is 6. The topological polar surface area (TPSA) is 158 Å². The standard InChI is InChI=1S/C18H30O3S.2C2H8N2.Cu/c1-2-3-4-5-6-7-8-9-10-11-14-17-15-12-13-16-18(17)22(19,20)21;2*1-2(3)4;/h12-13,15-16H,2-11,14H2,1H3,(H,19,20,21);2*2H,3-4H2,1H3;. The Balaban J connectivity index is -0.000000747. The van der Waals surface area contributed by atoms with Crippen LogP contribution in [-0.2, 0) is 33.6 Å². The molecule has 1 aromatic carbocycles. The minimum absolute atomic E-state index is 0. The Morgan fingerprint density at radius 1 is 0.774 bits per heavy atom. The quantitative estimate of drug-likeness (QED) is 0.124. The summed E-state index contributed by atoms with van der Waals surface area (Å²) in [4.78, 5) is 0.0610. The average molecular weight is 510 g/mol. The summed E-state index contributed by atoms with van der Waals surface area (Å²) in [7, 11) is -4.10. The largest absolute Gasteiger partial charge is 0.316 e. The molecule has 9 N–H and O–H groups in total. The monoisotopic (exact) mass is 509 g/mol. The molecular weight excluding hydrogens is 464 g/mol. The molecule has 0 aromatic heterocycles. The fraction of sp³-hybridized carbons (Fsp3) is 0.727. The van der Waals surface area contributed by atoms with Crippen LogP contribution in [0.2, 0.25) is 0 Å². The molecule has 0 bridgehead atoms. The second-order valence-corrected chi connectivity index (χ2v) is 9.12. The van der Waals surface area contributed by atoms with Gasteiger partial charge in [-0.2, -0.15) is 8.42 Å². The SMILES string of the molecule is CC(N)N.CC(N)N.CCCCCCCCCCCCc1ccccc1S(=O)(=O)O.[Cu]. The molecule has 9 heteroatoms. The number of nitrogens with two attached hydrogens (primary N) is 4. The van der Waals surface area contributed by atoms with E-state index in [9.17, 15) is 13.0 Å². The van der Waals surface area contributed by atoms with Crippen LogP contribution < -0.4 is 22.9 Å². The van der Waals surface area contributed by atoms with Crippen LogP contribution in [0.3, 0.4) is 0 Å². The summed E-state index contributed by atoms with van der Waals surface area (Å²) in [5.74, 6) is 0. The van der Waals surface area contributed by atoms with Crippen LogP contribution in [0, 0.1) is 0 Å². The van der Waals surface area contributed by atoms with Gasteiger partial charge in [-0.1, -0.05) is 82.9 Å². The second kappa shape index (κ2) is 22.7. The number of benzene rings is 1. The van der Waals surface area contributed by atoms with Gasteiger partial charge in [0, 0.05) is 29.4 Å². The molecule has 0 saturated heterocycles. The Hall–Kier alpha value is -0.511. The van der Waals surface area contributed by atoms with Gasteiger partial charge in [-0.25, -0.2) is 0 Å². The fourth-order valence-electron chi connectivity index (χ4n) is 2.76. The molecule has 7 nitrogen and oxygen atoms in total. The van der Waals surface area contributed by atoms with Gasteiger partial charge in [-0.05, 0) is 38.3 Å². The van der Waals surface area contributed by atoms with Crippen molar-refractivity contribution < 1.29 is 30.0 Å². The van der Waals surface area contributed by atoms with Gasteiger partial charge in [0.1, 0.15) is 0 Å². The number of hydrogen-bond donors (Lipinski definition) is 5. The van der Waals surface area contributed by atoms with Gasteiger partial charge in [-0.15, -0.1) is 0 Å². The van der Waals surface area contributed by atoms with Crippen LogP contribution in [0.1, 0.15) is 90.5 Å². The predicted octanol–water partition coefficient (Wildman–Crippen LogP) is 3.89. The normalized spacial score (nSPS) is 10.6. The van der Waals surface area contributed by atoms with Crippen LogP contribution in [0.4, 0.5) is 0 Å². The zero-order valence-corrected chi connectivity index (χ0v) is 21.3. The third-order valence-electron chi connectivity index (χ3n) is 4.05. The van der Waals surface area contributed by atoms with Gasteiger partial charge in [0.15, 0.2) is 0 Å². The van der Waals surface area contributed by atoms with E-state index in [0.29, 0.717) is 6.42 Å². The molecule has 1 radical (unpaired) electrons. The van der Waals surface area contributed by atoms with E-state index >= 15 is 0 Å². The molecule has 0 saturated carbocycles. The van der Waals surface area contributed by atoms with Crippen molar-refractivity contribution in [3.63, 3.8) is 0 Å². The summed E-state index contributed by atoms with van der Waals surface area (Å²) < 4.78 is 31.8. The van der Waals surface area contributed by atoms with Gasteiger partial charge in [0.2, 0.25) is 0 Å². The molecule has 0 aliphatic heterocycles. The van der Waals surface area contributed by atoms with Crippen LogP contribution in [-0.4, -0.2) is 25.3 Å². The molecule has 0 atom stereocenters. The Kier molecular flexibility index (Phi) is 25.7. The second-order valence-electron chi connectivity index (χ2n) is 7.73. The Bertz CT molecular complexity index is 603. The molecule has 0 unspecified atom stereocenters. The maximum absolute atomic E-state index is 11.3. The molecule has 0 aliphatic rings. The first-order valence-corrected chi connectivity index (χ1v) is 12.5. The number of unbranched alkanes of at least 4 members (excludes halogenated alkanes) is 9. The van der Waals surface area contributed by atoms with E-state index < -0.39 is 10.1 Å². The van der Waals surface area contributed by atoms with Crippen molar-refractivity contribution in [2.24, 2.45) is 22.9 Å². The van der Waals surface area contributed by atoms with Crippen molar-refractivity contribution in [1.29, 1.82) is 0 Å². The number of aryl methyl sites for hydroxylation is 1. The Morgan fingerprint density at radius 2 is 1.13 bits per heavy atom. The van der Waals surface area contributed by atoms with Crippen molar-refractivity contribution in [2.45, 2.75) is 109 Å². The zero-order valence-electron chi connectivity index (χ0n) is 19.5. The molecule has 0 amide bonds. The average Bonchev–Trinajstić information content (AvgIpc) is 2.62. The minimum atomic E-state index is -4.10. The first-order valence-electron chi connectivity index (χ1n) is 11.1. The Morgan fingerprint density at radius 3 is 1.52 bits per heavy atom. The van der Waals surface area contributed by atoms with Gasteiger partial charge >= 0.3 is 0 Å². The van der Waals surface area contributed by atoms with Gasteiger partial charge < -0.3 is 22.9 Å². The summed E-state index contributed by atoms with van der Waals surface area (Å²) in [5, 5.41) is 0. The first-order chi connectivity index (χ1) is 14.0. The summed E-state index contributed by atoms with van der Waals surface area (Å²) in [5.41, 5.74) is 20.3. The summed E-state index contributed by atoms with van der Waals surface area (Å²) in [6.45, 7) is 5.68. The smallest absolute Gasteiger partial charge is 0.294 e. The van der Waals surface area contributed by atoms with E-state index in [4.69, 9.17) is 22.9 Å².